The Morgan fingerprint density at radius 1 is 1.80 bits per heavy atom. The lowest BCUT2D eigenvalue weighted by molar-refractivity contribution is 0.279. The molecule has 0 saturated heterocycles. The van der Waals surface area contributed by atoms with Crippen molar-refractivity contribution in [2.75, 3.05) is 12.4 Å². The third kappa shape index (κ3) is 2.35. The number of thioether (sulfide) groups is 1. The lowest BCUT2D eigenvalue weighted by atomic mass is 10.1. The first-order valence-corrected chi connectivity index (χ1v) is 4.73. The molecule has 0 saturated carbocycles. The van der Waals surface area contributed by atoms with E-state index in [1.54, 1.807) is 0 Å². The van der Waals surface area contributed by atoms with Gasteiger partial charge in [0.05, 0.1) is 0 Å². The van der Waals surface area contributed by atoms with Crippen LogP contribution in [0.2, 0.25) is 0 Å². The van der Waals surface area contributed by atoms with Crippen LogP contribution in [0.3, 0.4) is 0 Å². The minimum atomic E-state index is 0.341. The summed E-state index contributed by atoms with van der Waals surface area (Å²) in [6.07, 6.45) is 4.43. The van der Waals surface area contributed by atoms with Gasteiger partial charge in [-0.25, -0.2) is 0 Å². The van der Waals surface area contributed by atoms with Gasteiger partial charge in [0.2, 0.25) is 0 Å². The standard InChI is InChI=1S/C8H14OS/c1-7-5-8(6-10-7)3-2-4-9/h5,8-9H,2-4,6H2,1H3. The first kappa shape index (κ1) is 8.15. The summed E-state index contributed by atoms with van der Waals surface area (Å²) >= 11 is 1.94. The van der Waals surface area contributed by atoms with Crippen molar-refractivity contribution in [2.45, 2.75) is 19.8 Å². The summed E-state index contributed by atoms with van der Waals surface area (Å²) in [4.78, 5) is 1.45. The van der Waals surface area contributed by atoms with E-state index < -0.39 is 0 Å². The highest BCUT2D eigenvalue weighted by molar-refractivity contribution is 8.03. The molecule has 0 aliphatic carbocycles. The molecule has 1 nitrogen and oxygen atoms in total. The van der Waals surface area contributed by atoms with Crippen molar-refractivity contribution >= 4 is 11.8 Å². The normalized spacial score (nSPS) is 25.0. The van der Waals surface area contributed by atoms with E-state index in [4.69, 9.17) is 5.11 Å². The quantitative estimate of drug-likeness (QED) is 0.678. The molecule has 1 atom stereocenters. The van der Waals surface area contributed by atoms with Gasteiger partial charge in [0.25, 0.3) is 0 Å². The van der Waals surface area contributed by atoms with Crippen molar-refractivity contribution in [3.63, 3.8) is 0 Å². The van der Waals surface area contributed by atoms with E-state index in [1.807, 2.05) is 11.8 Å². The summed E-state index contributed by atoms with van der Waals surface area (Å²) in [5, 5.41) is 8.56. The van der Waals surface area contributed by atoms with Gasteiger partial charge in [0.1, 0.15) is 0 Å². The van der Waals surface area contributed by atoms with E-state index in [0.29, 0.717) is 6.61 Å². The fourth-order valence-electron chi connectivity index (χ4n) is 1.19. The Bertz CT molecular complexity index is 131. The first-order chi connectivity index (χ1) is 4.83. The highest BCUT2D eigenvalue weighted by atomic mass is 32.2. The molecule has 1 aliphatic heterocycles. The van der Waals surface area contributed by atoms with Crippen molar-refractivity contribution < 1.29 is 5.11 Å². The summed E-state index contributed by atoms with van der Waals surface area (Å²) in [6.45, 7) is 2.50. The molecule has 1 N–H and O–H groups in total. The lowest BCUT2D eigenvalue weighted by Crippen LogP contribution is -1.96. The molecule has 0 fully saturated rings. The van der Waals surface area contributed by atoms with Gasteiger partial charge in [-0.2, -0.15) is 0 Å². The van der Waals surface area contributed by atoms with Gasteiger partial charge >= 0.3 is 0 Å². The van der Waals surface area contributed by atoms with Gasteiger partial charge in [0, 0.05) is 12.4 Å². The third-order valence-electron chi connectivity index (χ3n) is 1.73. The fourth-order valence-corrected chi connectivity index (χ4v) is 2.22. The molecule has 0 aromatic rings. The molecule has 1 unspecified atom stereocenters. The molecular formula is C8H14OS. The third-order valence-corrected chi connectivity index (χ3v) is 2.91. The SMILES string of the molecule is CC1=CC(CCCO)CS1. The second-order valence-electron chi connectivity index (χ2n) is 2.71. The summed E-state index contributed by atoms with van der Waals surface area (Å²) < 4.78 is 0. The number of aliphatic hydroxyl groups is 1. The zero-order valence-corrected chi connectivity index (χ0v) is 7.16. The Labute approximate surface area is 66.5 Å². The average molecular weight is 158 g/mol. The second kappa shape index (κ2) is 4.04. The van der Waals surface area contributed by atoms with Gasteiger partial charge in [0.15, 0.2) is 0 Å². The minimum Gasteiger partial charge on any atom is -0.396 e. The second-order valence-corrected chi connectivity index (χ2v) is 3.98. The van der Waals surface area contributed by atoms with E-state index >= 15 is 0 Å². The molecular weight excluding hydrogens is 144 g/mol. The molecule has 1 rings (SSSR count). The van der Waals surface area contributed by atoms with E-state index in [-0.39, 0.29) is 0 Å². The van der Waals surface area contributed by atoms with Crippen molar-refractivity contribution in [3.05, 3.63) is 11.0 Å². The largest absolute Gasteiger partial charge is 0.396 e. The Balaban J connectivity index is 2.18. The van der Waals surface area contributed by atoms with E-state index in [0.717, 1.165) is 18.8 Å². The van der Waals surface area contributed by atoms with Gasteiger partial charge < -0.3 is 5.11 Å². The van der Waals surface area contributed by atoms with Gasteiger partial charge in [-0.3, -0.25) is 0 Å². The van der Waals surface area contributed by atoms with Crippen LogP contribution in [0.5, 0.6) is 0 Å². The molecule has 1 heterocycles. The predicted molar refractivity (Wildman–Crippen MR) is 46.0 cm³/mol. The smallest absolute Gasteiger partial charge is 0.0431 e. The van der Waals surface area contributed by atoms with Crippen molar-refractivity contribution in [1.82, 2.24) is 0 Å². The van der Waals surface area contributed by atoms with Gasteiger partial charge in [-0.1, -0.05) is 6.08 Å². The van der Waals surface area contributed by atoms with Crippen molar-refractivity contribution in [2.24, 2.45) is 5.92 Å². The zero-order chi connectivity index (χ0) is 7.40. The van der Waals surface area contributed by atoms with Crippen LogP contribution in [0, 0.1) is 5.92 Å². The summed E-state index contributed by atoms with van der Waals surface area (Å²) in [7, 11) is 0. The van der Waals surface area contributed by atoms with Crippen molar-refractivity contribution in [1.29, 1.82) is 0 Å². The van der Waals surface area contributed by atoms with Crippen molar-refractivity contribution in [3.8, 4) is 0 Å². The van der Waals surface area contributed by atoms with E-state index in [2.05, 4.69) is 13.0 Å². The molecule has 0 spiro atoms. The Morgan fingerprint density at radius 2 is 2.60 bits per heavy atom. The fraction of sp³-hybridized carbons (Fsp3) is 0.750. The average Bonchev–Trinajstić information content (AvgIpc) is 2.31. The molecule has 0 radical (unpaired) electrons. The molecule has 0 aromatic carbocycles. The van der Waals surface area contributed by atoms with Crippen LogP contribution in [-0.4, -0.2) is 17.5 Å². The number of aliphatic hydroxyl groups excluding tert-OH is 1. The first-order valence-electron chi connectivity index (χ1n) is 3.75. The zero-order valence-electron chi connectivity index (χ0n) is 6.34. The predicted octanol–water partition coefficient (Wildman–Crippen LogP) is 2.03. The molecule has 0 bridgehead atoms. The molecule has 58 valence electrons. The maximum absolute atomic E-state index is 8.56. The molecule has 0 aromatic heterocycles. The molecule has 2 heteroatoms. The van der Waals surface area contributed by atoms with Crippen LogP contribution in [-0.2, 0) is 0 Å². The highest BCUT2D eigenvalue weighted by Crippen LogP contribution is 2.30. The number of hydrogen-bond acceptors (Lipinski definition) is 2. The number of allylic oxidation sites excluding steroid dienone is 2. The Morgan fingerprint density at radius 3 is 3.10 bits per heavy atom. The maximum atomic E-state index is 8.56. The summed E-state index contributed by atoms with van der Waals surface area (Å²) in [5.41, 5.74) is 0. The van der Waals surface area contributed by atoms with Crippen LogP contribution in [0.4, 0.5) is 0 Å². The van der Waals surface area contributed by atoms with E-state index in [1.165, 1.54) is 10.7 Å². The number of hydrogen-bond donors (Lipinski definition) is 1. The minimum absolute atomic E-state index is 0.341. The molecule has 10 heavy (non-hydrogen) atoms. The Hall–Kier alpha value is 0.0500. The lowest BCUT2D eigenvalue weighted by Gasteiger charge is -2.02. The number of rotatable bonds is 3. The topological polar surface area (TPSA) is 20.2 Å². The molecule has 1 aliphatic rings. The Kier molecular flexibility index (Phi) is 3.29. The van der Waals surface area contributed by atoms with Crippen LogP contribution >= 0.6 is 11.8 Å². The van der Waals surface area contributed by atoms with Crippen LogP contribution < -0.4 is 0 Å². The summed E-state index contributed by atoms with van der Waals surface area (Å²) in [5.74, 6) is 1.96. The van der Waals surface area contributed by atoms with E-state index in [9.17, 15) is 0 Å². The monoisotopic (exact) mass is 158 g/mol. The maximum Gasteiger partial charge on any atom is 0.0431 e. The molecule has 0 amide bonds. The van der Waals surface area contributed by atoms with Gasteiger partial charge in [-0.05, 0) is 30.6 Å². The highest BCUT2D eigenvalue weighted by Gasteiger charge is 2.12. The van der Waals surface area contributed by atoms with Crippen LogP contribution in [0.15, 0.2) is 11.0 Å². The van der Waals surface area contributed by atoms with Crippen LogP contribution in [0.1, 0.15) is 19.8 Å². The summed E-state index contributed by atoms with van der Waals surface area (Å²) in [6, 6.07) is 0. The van der Waals surface area contributed by atoms with Gasteiger partial charge in [-0.15, -0.1) is 11.8 Å². The van der Waals surface area contributed by atoms with Crippen LogP contribution in [0.25, 0.3) is 0 Å².